The van der Waals surface area contributed by atoms with E-state index in [0.717, 1.165) is 19.3 Å². The molecule has 0 atom stereocenters. The maximum atomic E-state index is 2.51. The highest BCUT2D eigenvalue weighted by Gasteiger charge is 2.29. The monoisotopic (exact) mass is 834 g/mol. The van der Waals surface area contributed by atoms with Crippen LogP contribution in [0.15, 0.2) is 127 Å². The molecule has 3 heteroatoms. The van der Waals surface area contributed by atoms with Crippen LogP contribution in [-0.2, 0) is 12.8 Å². The van der Waals surface area contributed by atoms with Gasteiger partial charge >= 0.3 is 0 Å². The van der Waals surface area contributed by atoms with Crippen LogP contribution < -0.4 is 16.4 Å². The van der Waals surface area contributed by atoms with Crippen LogP contribution in [0.2, 0.25) is 0 Å². The largest absolute Gasteiger partial charge is 0.140 e. The summed E-state index contributed by atoms with van der Waals surface area (Å²) in [6, 6.07) is 47.2. The smallest absolute Gasteiger partial charge is 0.0831 e. The first-order valence-electron chi connectivity index (χ1n) is 24.1. The lowest BCUT2D eigenvalue weighted by molar-refractivity contribution is 0.742. The van der Waals surface area contributed by atoms with Gasteiger partial charge in [-0.25, -0.2) is 0 Å². The second-order valence-electron chi connectivity index (χ2n) is 19.6. The SMILES string of the molecule is Bc1c(C)c(C)c(C)cc(-c2cccc(C3=CCCCC3)c2)c2c(C)c(B)c(C)c(B)c2c(-c2ccc(-c3ccc4c(c3)Cc3ccc5c(c3-4)-c3ccccc3C5)c3ccccc23)c1C. The Morgan fingerprint density at radius 3 is 1.77 bits per heavy atom. The van der Waals surface area contributed by atoms with Crippen molar-refractivity contribution in [2.75, 3.05) is 0 Å². The molecular weight excluding hydrogens is 777 g/mol. The minimum Gasteiger partial charge on any atom is -0.0831 e. The topological polar surface area (TPSA) is 0 Å². The Bertz CT molecular complexity index is 3470. The Balaban J connectivity index is 1.18. The molecule has 0 saturated heterocycles. The van der Waals surface area contributed by atoms with Gasteiger partial charge in [0.05, 0.1) is 0 Å². The third-order valence-corrected chi connectivity index (χ3v) is 16.4. The van der Waals surface area contributed by atoms with Gasteiger partial charge in [0.15, 0.2) is 0 Å². The Labute approximate surface area is 389 Å². The molecule has 0 saturated carbocycles. The van der Waals surface area contributed by atoms with E-state index >= 15 is 0 Å². The molecule has 8 aromatic carbocycles. The lowest BCUT2D eigenvalue weighted by Crippen LogP contribution is -2.25. The molecule has 8 aromatic rings. The van der Waals surface area contributed by atoms with E-state index in [2.05, 4.69) is 192 Å². The molecule has 0 aliphatic heterocycles. The first-order valence-corrected chi connectivity index (χ1v) is 24.1. The summed E-state index contributed by atoms with van der Waals surface area (Å²) in [5.41, 5.74) is 34.4. The number of benzene rings is 7. The van der Waals surface area contributed by atoms with Crippen molar-refractivity contribution in [3.05, 3.63) is 189 Å². The molecule has 314 valence electrons. The molecular formula is C62H57B3. The summed E-state index contributed by atoms with van der Waals surface area (Å²) in [5, 5.41) is 5.30. The Morgan fingerprint density at radius 2 is 1.02 bits per heavy atom. The summed E-state index contributed by atoms with van der Waals surface area (Å²) in [4.78, 5) is 0. The van der Waals surface area contributed by atoms with Crippen LogP contribution in [0, 0.1) is 41.5 Å². The number of hydrogen-bond donors (Lipinski definition) is 0. The minimum absolute atomic E-state index is 0.971. The zero-order chi connectivity index (χ0) is 44.8. The lowest BCUT2D eigenvalue weighted by Gasteiger charge is -2.23. The highest BCUT2D eigenvalue weighted by molar-refractivity contribution is 6.47. The zero-order valence-electron chi connectivity index (χ0n) is 39.9. The van der Waals surface area contributed by atoms with Gasteiger partial charge in [-0.2, -0.15) is 0 Å². The fourth-order valence-electron chi connectivity index (χ4n) is 12.0. The first kappa shape index (κ1) is 41.4. The van der Waals surface area contributed by atoms with Gasteiger partial charge in [-0.1, -0.05) is 149 Å². The van der Waals surface area contributed by atoms with Gasteiger partial charge in [-0.15, -0.1) is 0 Å². The van der Waals surface area contributed by atoms with Crippen molar-refractivity contribution in [1.29, 1.82) is 0 Å². The van der Waals surface area contributed by atoms with Crippen molar-refractivity contribution >= 4 is 67.0 Å². The predicted octanol–water partition coefficient (Wildman–Crippen LogP) is 11.8. The quantitative estimate of drug-likeness (QED) is 0.155. The lowest BCUT2D eigenvalue weighted by atomic mass is 9.71. The van der Waals surface area contributed by atoms with Gasteiger partial charge in [0.1, 0.15) is 23.5 Å². The highest BCUT2D eigenvalue weighted by Crippen LogP contribution is 2.50. The number of rotatable bonds is 4. The summed E-state index contributed by atoms with van der Waals surface area (Å²) >= 11 is 0. The third-order valence-electron chi connectivity index (χ3n) is 16.4. The van der Waals surface area contributed by atoms with Crippen LogP contribution in [0.1, 0.15) is 86.9 Å². The molecule has 3 aliphatic rings. The van der Waals surface area contributed by atoms with E-state index in [1.54, 1.807) is 0 Å². The van der Waals surface area contributed by atoms with E-state index in [-0.39, 0.29) is 0 Å². The van der Waals surface area contributed by atoms with Crippen molar-refractivity contribution in [1.82, 2.24) is 0 Å². The Morgan fingerprint density at radius 1 is 0.385 bits per heavy atom. The second kappa shape index (κ2) is 16.0. The maximum Gasteiger partial charge on any atom is 0.140 e. The molecule has 0 radical (unpaired) electrons. The minimum atomic E-state index is 0.971. The molecule has 0 bridgehead atoms. The molecule has 0 amide bonds. The number of hydrogen-bond acceptors (Lipinski definition) is 0. The second-order valence-corrected chi connectivity index (χ2v) is 19.6. The normalized spacial score (nSPS) is 13.6. The van der Waals surface area contributed by atoms with Crippen LogP contribution in [0.4, 0.5) is 0 Å². The number of fused-ring (bicyclic) bond motifs is 9. The molecule has 0 N–H and O–H groups in total. The fraction of sp³-hybridized carbons (Fsp3) is 0.194. The molecule has 0 aromatic heterocycles. The van der Waals surface area contributed by atoms with E-state index in [4.69, 9.17) is 0 Å². The fourth-order valence-corrected chi connectivity index (χ4v) is 12.0. The maximum absolute atomic E-state index is 2.51. The van der Waals surface area contributed by atoms with E-state index < -0.39 is 0 Å². The summed E-state index contributed by atoms with van der Waals surface area (Å²) in [5.74, 6) is 0. The van der Waals surface area contributed by atoms with Gasteiger partial charge in [-0.05, 0) is 219 Å². The molecule has 65 heavy (non-hydrogen) atoms. The van der Waals surface area contributed by atoms with Gasteiger partial charge in [0, 0.05) is 0 Å². The van der Waals surface area contributed by atoms with Crippen molar-refractivity contribution in [3.63, 3.8) is 0 Å². The number of aryl methyl sites for hydroxylation is 2. The van der Waals surface area contributed by atoms with E-state index in [1.165, 1.54) is 180 Å². The van der Waals surface area contributed by atoms with Gasteiger partial charge < -0.3 is 0 Å². The Kier molecular flexibility index (Phi) is 10.2. The number of allylic oxidation sites excluding steroid dienone is 2. The van der Waals surface area contributed by atoms with Crippen LogP contribution in [-0.4, -0.2) is 23.5 Å². The highest BCUT2D eigenvalue weighted by atomic mass is 14.3. The average molecular weight is 835 g/mol. The van der Waals surface area contributed by atoms with Crippen molar-refractivity contribution < 1.29 is 0 Å². The van der Waals surface area contributed by atoms with Crippen LogP contribution in [0.25, 0.3) is 82.8 Å². The molecule has 11 rings (SSSR count). The molecule has 0 spiro atoms. The molecule has 0 nitrogen and oxygen atoms in total. The first-order chi connectivity index (χ1) is 31.5. The Hall–Kier alpha value is -6.31. The summed E-state index contributed by atoms with van der Waals surface area (Å²) in [7, 11) is 7.07. The standard InChI is InChI=1S/C62H57B3/c1-34-29-54(43-19-14-18-41(30-43)40-15-8-7-9-16-40)56-38(5)61(64)39(6)62(65)59(56)55(37(4)60(63)36(3)35(34)2)53-28-27-48(51-21-12-13-22-52(51)53)44-25-26-50-47(32-44)33-46-24-23-45-31-42-17-10-11-20-49(42)57(45)58(46)50/h10-15,17-30,32H,7-9,16,31,33,63-65H2,1-6H3. The van der Waals surface area contributed by atoms with Crippen LogP contribution in [0.5, 0.6) is 0 Å². The van der Waals surface area contributed by atoms with Gasteiger partial charge in [0.25, 0.3) is 0 Å². The van der Waals surface area contributed by atoms with Crippen molar-refractivity contribution in [2.24, 2.45) is 0 Å². The van der Waals surface area contributed by atoms with E-state index in [1.807, 2.05) is 0 Å². The summed E-state index contributed by atoms with van der Waals surface area (Å²) in [6.07, 6.45) is 9.36. The average Bonchev–Trinajstić information content (AvgIpc) is 3.91. The van der Waals surface area contributed by atoms with Crippen molar-refractivity contribution in [2.45, 2.75) is 80.1 Å². The van der Waals surface area contributed by atoms with Gasteiger partial charge in [0.2, 0.25) is 0 Å². The predicted molar refractivity (Wildman–Crippen MR) is 291 cm³/mol. The van der Waals surface area contributed by atoms with Crippen LogP contribution >= 0.6 is 0 Å². The van der Waals surface area contributed by atoms with Crippen LogP contribution in [0.3, 0.4) is 0 Å². The van der Waals surface area contributed by atoms with Crippen molar-refractivity contribution in [3.8, 4) is 55.6 Å². The molecule has 0 fully saturated rings. The molecule has 0 unspecified atom stereocenters. The summed E-state index contributed by atoms with van der Waals surface area (Å²) < 4.78 is 0. The van der Waals surface area contributed by atoms with Gasteiger partial charge in [-0.3, -0.25) is 0 Å². The van der Waals surface area contributed by atoms with E-state index in [0.29, 0.717) is 0 Å². The zero-order valence-corrected chi connectivity index (χ0v) is 39.9. The third kappa shape index (κ3) is 6.60. The summed E-state index contributed by atoms with van der Waals surface area (Å²) in [6.45, 7) is 14.1. The van der Waals surface area contributed by atoms with E-state index in [9.17, 15) is 0 Å². The molecule has 0 heterocycles. The molecule has 3 aliphatic carbocycles.